The Morgan fingerprint density at radius 3 is 2.24 bits per heavy atom. The van der Waals surface area contributed by atoms with Crippen LogP contribution in [0.25, 0.3) is 11.1 Å². The highest BCUT2D eigenvalue weighted by Gasteiger charge is 2.32. The van der Waals surface area contributed by atoms with Gasteiger partial charge in [0.1, 0.15) is 11.5 Å². The highest BCUT2D eigenvalue weighted by Crippen LogP contribution is 2.28. The van der Waals surface area contributed by atoms with Crippen LogP contribution in [0.2, 0.25) is 0 Å². The van der Waals surface area contributed by atoms with Crippen LogP contribution in [-0.4, -0.2) is 10.9 Å². The number of anilines is 1. The molecule has 0 radical (unpaired) electrons. The summed E-state index contributed by atoms with van der Waals surface area (Å²) in [4.78, 5) is 16.0. The largest absolute Gasteiger partial charge is 0.433 e. The molecule has 0 fully saturated rings. The average Bonchev–Trinajstić information content (AvgIpc) is 2.62. The zero-order valence-electron chi connectivity index (χ0n) is 12.9. The lowest BCUT2D eigenvalue weighted by Crippen LogP contribution is -2.16. The van der Waals surface area contributed by atoms with E-state index in [9.17, 15) is 18.0 Å². The summed E-state index contributed by atoms with van der Waals surface area (Å²) in [6, 6.07) is 19.5. The van der Waals surface area contributed by atoms with E-state index in [0.29, 0.717) is 11.1 Å². The third kappa shape index (κ3) is 3.85. The van der Waals surface area contributed by atoms with Gasteiger partial charge in [0.25, 0.3) is 5.91 Å². The maximum absolute atomic E-state index is 12.7. The van der Waals surface area contributed by atoms with Crippen LogP contribution in [0, 0.1) is 0 Å². The van der Waals surface area contributed by atoms with E-state index >= 15 is 0 Å². The summed E-state index contributed by atoms with van der Waals surface area (Å²) in [7, 11) is 0. The molecule has 0 unspecified atom stereocenters. The molecule has 1 N–H and O–H groups in total. The summed E-state index contributed by atoms with van der Waals surface area (Å²) < 4.78 is 38.2. The zero-order chi connectivity index (χ0) is 17.9. The number of benzene rings is 2. The maximum atomic E-state index is 12.7. The molecular weight excluding hydrogens is 329 g/mol. The SMILES string of the molecule is O=C(Nc1cccc(C(F)(F)F)n1)c1ccccc1-c1ccccc1. The van der Waals surface area contributed by atoms with Crippen molar-refractivity contribution in [2.24, 2.45) is 0 Å². The normalized spacial score (nSPS) is 11.2. The minimum absolute atomic E-state index is 0.150. The van der Waals surface area contributed by atoms with Crippen LogP contribution in [0.1, 0.15) is 16.1 Å². The second kappa shape index (κ2) is 6.76. The summed E-state index contributed by atoms with van der Waals surface area (Å²) in [5.74, 6) is -0.672. The number of hydrogen-bond acceptors (Lipinski definition) is 2. The molecule has 1 heterocycles. The molecule has 0 saturated carbocycles. The number of carbonyl (C=O) groups is 1. The summed E-state index contributed by atoms with van der Waals surface area (Å²) in [6.07, 6.45) is -4.57. The molecule has 0 aliphatic carbocycles. The Morgan fingerprint density at radius 1 is 0.840 bits per heavy atom. The number of halogens is 3. The Morgan fingerprint density at radius 2 is 1.52 bits per heavy atom. The standard InChI is InChI=1S/C19H13F3N2O/c20-19(21,22)16-11-6-12-17(23-16)24-18(25)15-10-5-4-9-14(15)13-7-2-1-3-8-13/h1-12H,(H,23,24,25). The molecular formula is C19H13F3N2O. The monoisotopic (exact) mass is 342 g/mol. The van der Waals surface area contributed by atoms with E-state index in [4.69, 9.17) is 0 Å². The number of carbonyl (C=O) groups excluding carboxylic acids is 1. The van der Waals surface area contributed by atoms with Gasteiger partial charge in [-0.25, -0.2) is 4.98 Å². The van der Waals surface area contributed by atoms with Gasteiger partial charge in [-0.05, 0) is 29.3 Å². The van der Waals surface area contributed by atoms with Crippen molar-refractivity contribution < 1.29 is 18.0 Å². The van der Waals surface area contributed by atoms with E-state index in [-0.39, 0.29) is 5.82 Å². The lowest BCUT2D eigenvalue weighted by molar-refractivity contribution is -0.141. The fourth-order valence-electron chi connectivity index (χ4n) is 2.40. The number of alkyl halides is 3. The fraction of sp³-hybridized carbons (Fsp3) is 0.0526. The Hall–Kier alpha value is -3.15. The van der Waals surface area contributed by atoms with Crippen molar-refractivity contribution >= 4 is 11.7 Å². The molecule has 1 amide bonds. The van der Waals surface area contributed by atoms with Crippen molar-refractivity contribution in [1.29, 1.82) is 0 Å². The van der Waals surface area contributed by atoms with Crippen molar-refractivity contribution in [3.8, 4) is 11.1 Å². The Balaban J connectivity index is 1.91. The average molecular weight is 342 g/mol. The second-order valence-corrected chi connectivity index (χ2v) is 5.27. The molecule has 3 aromatic rings. The van der Waals surface area contributed by atoms with Crippen LogP contribution in [0.3, 0.4) is 0 Å². The number of pyridine rings is 1. The summed E-state index contributed by atoms with van der Waals surface area (Å²) in [6.45, 7) is 0. The summed E-state index contributed by atoms with van der Waals surface area (Å²) in [5, 5.41) is 2.43. The fourth-order valence-corrected chi connectivity index (χ4v) is 2.40. The van der Waals surface area contributed by atoms with Gasteiger partial charge in [0, 0.05) is 5.56 Å². The molecule has 0 aliphatic rings. The number of rotatable bonds is 3. The number of nitrogens with one attached hydrogen (secondary N) is 1. The first-order chi connectivity index (χ1) is 11.9. The predicted octanol–water partition coefficient (Wildman–Crippen LogP) is 5.02. The molecule has 0 aliphatic heterocycles. The summed E-state index contributed by atoms with van der Waals surface area (Å²) >= 11 is 0. The first kappa shape index (κ1) is 16.7. The second-order valence-electron chi connectivity index (χ2n) is 5.27. The van der Waals surface area contributed by atoms with Gasteiger partial charge in [-0.15, -0.1) is 0 Å². The first-order valence-corrected chi connectivity index (χ1v) is 7.45. The lowest BCUT2D eigenvalue weighted by Gasteiger charge is -2.11. The molecule has 1 aromatic heterocycles. The molecule has 0 spiro atoms. The van der Waals surface area contributed by atoms with E-state index < -0.39 is 17.8 Å². The lowest BCUT2D eigenvalue weighted by atomic mass is 9.99. The number of aromatic nitrogens is 1. The van der Waals surface area contributed by atoms with Crippen molar-refractivity contribution in [3.05, 3.63) is 84.1 Å². The molecule has 25 heavy (non-hydrogen) atoms. The highest BCUT2D eigenvalue weighted by molar-refractivity contribution is 6.08. The zero-order valence-corrected chi connectivity index (χ0v) is 12.9. The van der Waals surface area contributed by atoms with Gasteiger partial charge in [-0.3, -0.25) is 4.79 Å². The van der Waals surface area contributed by atoms with Crippen LogP contribution in [0.4, 0.5) is 19.0 Å². The van der Waals surface area contributed by atoms with Gasteiger partial charge in [0.15, 0.2) is 0 Å². The molecule has 126 valence electrons. The number of hydrogen-bond donors (Lipinski definition) is 1. The minimum Gasteiger partial charge on any atom is -0.307 e. The first-order valence-electron chi connectivity index (χ1n) is 7.45. The third-order valence-electron chi connectivity index (χ3n) is 3.54. The van der Waals surface area contributed by atoms with Crippen LogP contribution < -0.4 is 5.32 Å². The van der Waals surface area contributed by atoms with Crippen molar-refractivity contribution in [3.63, 3.8) is 0 Å². The predicted molar refractivity (Wildman–Crippen MR) is 89.1 cm³/mol. The van der Waals surface area contributed by atoms with Gasteiger partial charge < -0.3 is 5.32 Å². The number of amides is 1. The smallest absolute Gasteiger partial charge is 0.307 e. The Kier molecular flexibility index (Phi) is 4.52. The van der Waals surface area contributed by atoms with E-state index in [2.05, 4.69) is 10.3 Å². The van der Waals surface area contributed by atoms with E-state index in [1.54, 1.807) is 24.3 Å². The molecule has 0 saturated heterocycles. The summed E-state index contributed by atoms with van der Waals surface area (Å²) in [5.41, 5.74) is 0.826. The molecule has 3 nitrogen and oxygen atoms in total. The van der Waals surface area contributed by atoms with Gasteiger partial charge in [0.2, 0.25) is 0 Å². The van der Waals surface area contributed by atoms with E-state index in [0.717, 1.165) is 11.6 Å². The minimum atomic E-state index is -4.57. The highest BCUT2D eigenvalue weighted by atomic mass is 19.4. The molecule has 0 bridgehead atoms. The van der Waals surface area contributed by atoms with Crippen molar-refractivity contribution in [1.82, 2.24) is 4.98 Å². The van der Waals surface area contributed by atoms with Gasteiger partial charge >= 0.3 is 6.18 Å². The maximum Gasteiger partial charge on any atom is 0.433 e. The van der Waals surface area contributed by atoms with E-state index in [1.165, 1.54) is 12.1 Å². The number of nitrogens with zero attached hydrogens (tertiary/aromatic N) is 1. The van der Waals surface area contributed by atoms with Crippen LogP contribution in [0.15, 0.2) is 72.8 Å². The quantitative estimate of drug-likeness (QED) is 0.726. The topological polar surface area (TPSA) is 42.0 Å². The van der Waals surface area contributed by atoms with Crippen LogP contribution in [-0.2, 0) is 6.18 Å². The molecule has 3 rings (SSSR count). The van der Waals surface area contributed by atoms with Gasteiger partial charge in [0.05, 0.1) is 0 Å². The molecule has 2 aromatic carbocycles. The van der Waals surface area contributed by atoms with E-state index in [1.807, 2.05) is 30.3 Å². The Labute approximate surface area is 142 Å². The third-order valence-corrected chi connectivity index (χ3v) is 3.54. The molecule has 0 atom stereocenters. The van der Waals surface area contributed by atoms with Crippen molar-refractivity contribution in [2.75, 3.05) is 5.32 Å². The van der Waals surface area contributed by atoms with Crippen LogP contribution >= 0.6 is 0 Å². The van der Waals surface area contributed by atoms with Gasteiger partial charge in [-0.2, -0.15) is 13.2 Å². The molecule has 6 heteroatoms. The Bertz CT molecular complexity index is 892. The van der Waals surface area contributed by atoms with Gasteiger partial charge in [-0.1, -0.05) is 54.6 Å². The van der Waals surface area contributed by atoms with Crippen LogP contribution in [0.5, 0.6) is 0 Å². The van der Waals surface area contributed by atoms with Crippen molar-refractivity contribution in [2.45, 2.75) is 6.18 Å².